The highest BCUT2D eigenvalue weighted by atomic mass is 79.9. The lowest BCUT2D eigenvalue weighted by molar-refractivity contribution is -0.159. The van der Waals surface area contributed by atoms with E-state index < -0.39 is 23.3 Å². The van der Waals surface area contributed by atoms with Crippen molar-refractivity contribution in [3.8, 4) is 11.5 Å². The van der Waals surface area contributed by atoms with E-state index in [2.05, 4.69) is 21.2 Å². The Morgan fingerprint density at radius 1 is 1.12 bits per heavy atom. The number of amides is 1. The molecule has 0 radical (unpaired) electrons. The third-order valence-corrected chi connectivity index (χ3v) is 5.86. The van der Waals surface area contributed by atoms with Gasteiger partial charge in [-0.15, -0.1) is 0 Å². The minimum Gasteiger partial charge on any atom is -0.493 e. The summed E-state index contributed by atoms with van der Waals surface area (Å²) in [5.41, 5.74) is -0.614. The third-order valence-electron chi connectivity index (χ3n) is 5.02. The summed E-state index contributed by atoms with van der Waals surface area (Å²) in [6.45, 7) is 0.161. The SMILES string of the molecule is O=C(Nc1ccc(F)c(Br)c1)c1ccc(OC2(C(=O)O)CCOc3ccc(Cl)cc32)cc1. The highest BCUT2D eigenvalue weighted by molar-refractivity contribution is 9.10. The van der Waals surface area contributed by atoms with Crippen molar-refractivity contribution >= 4 is 45.1 Å². The van der Waals surface area contributed by atoms with Crippen LogP contribution >= 0.6 is 27.5 Å². The fraction of sp³-hybridized carbons (Fsp3) is 0.130. The highest BCUT2D eigenvalue weighted by Crippen LogP contribution is 2.42. The molecule has 1 aliphatic rings. The molecule has 0 bridgehead atoms. The maximum absolute atomic E-state index is 13.4. The summed E-state index contributed by atoms with van der Waals surface area (Å²) in [7, 11) is 0. The van der Waals surface area contributed by atoms with Crippen LogP contribution < -0.4 is 14.8 Å². The van der Waals surface area contributed by atoms with Crippen molar-refractivity contribution in [2.45, 2.75) is 12.0 Å². The van der Waals surface area contributed by atoms with Crippen LogP contribution in [0.4, 0.5) is 10.1 Å². The third kappa shape index (κ3) is 4.28. The number of aliphatic carboxylic acids is 1. The Hall–Kier alpha value is -3.10. The quantitative estimate of drug-likeness (QED) is 0.455. The van der Waals surface area contributed by atoms with Crippen LogP contribution in [-0.4, -0.2) is 23.6 Å². The molecule has 1 heterocycles. The number of hydrogen-bond acceptors (Lipinski definition) is 4. The van der Waals surface area contributed by atoms with Crippen LogP contribution in [0.15, 0.2) is 65.1 Å². The second-order valence-corrected chi connectivity index (χ2v) is 8.37. The van der Waals surface area contributed by atoms with Crippen molar-refractivity contribution in [2.24, 2.45) is 0 Å². The van der Waals surface area contributed by atoms with Crippen LogP contribution in [0.25, 0.3) is 0 Å². The molecule has 2 N–H and O–H groups in total. The summed E-state index contributed by atoms with van der Waals surface area (Å²) >= 11 is 9.15. The van der Waals surface area contributed by atoms with Gasteiger partial charge in [0.15, 0.2) is 0 Å². The number of anilines is 1. The van der Waals surface area contributed by atoms with Gasteiger partial charge in [-0.1, -0.05) is 11.6 Å². The summed E-state index contributed by atoms with van der Waals surface area (Å²) < 4.78 is 25.1. The Labute approximate surface area is 196 Å². The van der Waals surface area contributed by atoms with E-state index in [1.807, 2.05) is 0 Å². The fourth-order valence-electron chi connectivity index (χ4n) is 3.41. The maximum atomic E-state index is 13.4. The van der Waals surface area contributed by atoms with Crippen molar-refractivity contribution in [1.29, 1.82) is 0 Å². The van der Waals surface area contributed by atoms with E-state index in [4.69, 9.17) is 21.1 Å². The maximum Gasteiger partial charge on any atom is 0.353 e. The summed E-state index contributed by atoms with van der Waals surface area (Å²) in [5.74, 6) is -1.36. The first-order valence-corrected chi connectivity index (χ1v) is 10.7. The molecule has 9 heteroatoms. The molecule has 4 rings (SSSR count). The van der Waals surface area contributed by atoms with Crippen LogP contribution in [0, 0.1) is 5.82 Å². The number of carboxylic acid groups (broad SMARTS) is 1. The number of carbonyl (C=O) groups excluding carboxylic acids is 1. The number of carboxylic acids is 1. The standard InChI is InChI=1S/C23H16BrClFNO5/c24-18-12-15(4-7-19(18)26)27-21(28)13-1-5-16(6-2-13)32-23(22(29)30)9-10-31-20-8-3-14(25)11-17(20)23/h1-8,11-12H,9-10H2,(H,27,28)(H,29,30). The van der Waals surface area contributed by atoms with Crippen LogP contribution in [0.5, 0.6) is 11.5 Å². The van der Waals surface area contributed by atoms with E-state index in [0.29, 0.717) is 27.6 Å². The highest BCUT2D eigenvalue weighted by Gasteiger charge is 2.47. The monoisotopic (exact) mass is 519 g/mol. The predicted molar refractivity (Wildman–Crippen MR) is 120 cm³/mol. The van der Waals surface area contributed by atoms with Crippen LogP contribution in [0.1, 0.15) is 22.3 Å². The van der Waals surface area contributed by atoms with E-state index in [0.717, 1.165) is 0 Å². The molecular formula is C23H16BrClFNO5. The molecule has 0 aliphatic carbocycles. The van der Waals surface area contributed by atoms with Crippen LogP contribution in [0.2, 0.25) is 5.02 Å². The lowest BCUT2D eigenvalue weighted by atomic mass is 9.87. The number of halogens is 3. The molecule has 0 fully saturated rings. The number of benzene rings is 3. The van der Waals surface area contributed by atoms with E-state index >= 15 is 0 Å². The zero-order chi connectivity index (χ0) is 22.9. The molecule has 1 unspecified atom stereocenters. The molecule has 0 saturated carbocycles. The Morgan fingerprint density at radius 2 is 1.88 bits per heavy atom. The van der Waals surface area contributed by atoms with Gasteiger partial charge in [0.25, 0.3) is 5.91 Å². The Bertz CT molecular complexity index is 1200. The van der Waals surface area contributed by atoms with Gasteiger partial charge in [-0.2, -0.15) is 0 Å². The van der Waals surface area contributed by atoms with Gasteiger partial charge >= 0.3 is 5.97 Å². The van der Waals surface area contributed by atoms with Crippen molar-refractivity contribution < 1.29 is 28.6 Å². The molecule has 164 valence electrons. The first-order valence-electron chi connectivity index (χ1n) is 9.50. The number of nitrogens with one attached hydrogen (secondary N) is 1. The number of carbonyl (C=O) groups is 2. The largest absolute Gasteiger partial charge is 0.493 e. The molecule has 6 nitrogen and oxygen atoms in total. The summed E-state index contributed by atoms with van der Waals surface area (Å²) in [6, 6.07) is 14.9. The van der Waals surface area contributed by atoms with E-state index in [9.17, 15) is 19.1 Å². The van der Waals surface area contributed by atoms with Gasteiger partial charge in [-0.25, -0.2) is 9.18 Å². The lowest BCUT2D eigenvalue weighted by Gasteiger charge is -2.35. The molecule has 32 heavy (non-hydrogen) atoms. The zero-order valence-electron chi connectivity index (χ0n) is 16.4. The molecule has 1 atom stereocenters. The summed E-state index contributed by atoms with van der Waals surface area (Å²) in [4.78, 5) is 24.8. The van der Waals surface area contributed by atoms with Crippen molar-refractivity contribution in [3.63, 3.8) is 0 Å². The van der Waals surface area contributed by atoms with Crippen molar-refractivity contribution in [2.75, 3.05) is 11.9 Å². The molecule has 1 aliphatic heterocycles. The van der Waals surface area contributed by atoms with Crippen molar-refractivity contribution in [1.82, 2.24) is 0 Å². The lowest BCUT2D eigenvalue weighted by Crippen LogP contribution is -2.45. The van der Waals surface area contributed by atoms with Gasteiger partial charge in [-0.05, 0) is 76.6 Å². The molecule has 3 aromatic rings. The number of ether oxygens (including phenoxy) is 2. The van der Waals surface area contributed by atoms with Gasteiger partial charge in [0.1, 0.15) is 17.3 Å². The number of fused-ring (bicyclic) bond motifs is 1. The molecule has 0 saturated heterocycles. The molecule has 0 aromatic heterocycles. The van der Waals surface area contributed by atoms with Gasteiger partial charge in [-0.3, -0.25) is 4.79 Å². The summed E-state index contributed by atoms with van der Waals surface area (Å²) in [6.07, 6.45) is 0.0807. The average Bonchev–Trinajstić information content (AvgIpc) is 2.77. The second-order valence-electron chi connectivity index (χ2n) is 7.08. The molecule has 3 aromatic carbocycles. The molecular weight excluding hydrogens is 505 g/mol. The summed E-state index contributed by atoms with van der Waals surface area (Å²) in [5, 5.41) is 13.1. The van der Waals surface area contributed by atoms with E-state index in [-0.39, 0.29) is 23.2 Å². The smallest absolute Gasteiger partial charge is 0.353 e. The minimum absolute atomic E-state index is 0.0807. The van der Waals surface area contributed by atoms with Crippen LogP contribution in [-0.2, 0) is 10.4 Å². The van der Waals surface area contributed by atoms with Crippen molar-refractivity contribution in [3.05, 3.63) is 87.1 Å². The van der Waals surface area contributed by atoms with Gasteiger partial charge in [0.2, 0.25) is 5.60 Å². The second kappa shape index (κ2) is 8.80. The average molecular weight is 521 g/mol. The first-order chi connectivity index (χ1) is 15.3. The predicted octanol–water partition coefficient (Wildman–Crippen LogP) is 5.64. The van der Waals surface area contributed by atoms with Gasteiger partial charge < -0.3 is 19.9 Å². The van der Waals surface area contributed by atoms with E-state index in [1.165, 1.54) is 48.5 Å². The van der Waals surface area contributed by atoms with Gasteiger partial charge in [0, 0.05) is 22.7 Å². The van der Waals surface area contributed by atoms with Gasteiger partial charge in [0.05, 0.1) is 16.6 Å². The molecule has 1 amide bonds. The Balaban J connectivity index is 1.56. The fourth-order valence-corrected chi connectivity index (χ4v) is 3.96. The molecule has 0 spiro atoms. The normalized spacial score (nSPS) is 17.1. The van der Waals surface area contributed by atoms with Crippen LogP contribution in [0.3, 0.4) is 0 Å². The zero-order valence-corrected chi connectivity index (χ0v) is 18.7. The first kappa shape index (κ1) is 22.1. The Morgan fingerprint density at radius 3 is 2.56 bits per heavy atom. The Kier molecular flexibility index (Phi) is 6.08. The minimum atomic E-state index is -1.68. The number of hydrogen-bond donors (Lipinski definition) is 2. The van der Waals surface area contributed by atoms with E-state index in [1.54, 1.807) is 12.1 Å². The topological polar surface area (TPSA) is 84.9 Å². The number of rotatable bonds is 5.